The number of carbonyl (C=O) groups excluding carboxylic acids is 1. The van der Waals surface area contributed by atoms with Gasteiger partial charge in [-0.2, -0.15) is 0 Å². The Morgan fingerprint density at radius 3 is 2.80 bits per heavy atom. The van der Waals surface area contributed by atoms with E-state index in [2.05, 4.69) is 4.98 Å². The molecule has 76 valence electrons. The molecular weight excluding hydrogens is 221 g/mol. The van der Waals surface area contributed by atoms with Gasteiger partial charge in [-0.15, -0.1) is 0 Å². The van der Waals surface area contributed by atoms with Crippen molar-refractivity contribution in [2.45, 2.75) is 0 Å². The Kier molecular flexibility index (Phi) is 2.51. The molecule has 0 aliphatic carbocycles. The molecule has 0 unspecified atom stereocenters. The van der Waals surface area contributed by atoms with Crippen LogP contribution < -0.4 is 0 Å². The smallest absolute Gasteiger partial charge is 0.204 e. The SMILES string of the molecule is O=C(c1ccncc1F)c1ccoc1Cl. The fraction of sp³-hybridized carbons (Fsp3) is 0. The van der Waals surface area contributed by atoms with Crippen LogP contribution in [0.4, 0.5) is 4.39 Å². The van der Waals surface area contributed by atoms with Crippen molar-refractivity contribution >= 4 is 17.4 Å². The summed E-state index contributed by atoms with van der Waals surface area (Å²) in [6.07, 6.45) is 3.58. The van der Waals surface area contributed by atoms with E-state index in [-0.39, 0.29) is 16.3 Å². The summed E-state index contributed by atoms with van der Waals surface area (Å²) >= 11 is 5.61. The molecule has 0 spiro atoms. The zero-order chi connectivity index (χ0) is 10.8. The highest BCUT2D eigenvalue weighted by Gasteiger charge is 2.18. The van der Waals surface area contributed by atoms with Gasteiger partial charge in [-0.05, 0) is 23.7 Å². The molecule has 0 aliphatic heterocycles. The van der Waals surface area contributed by atoms with Crippen molar-refractivity contribution in [3.63, 3.8) is 0 Å². The lowest BCUT2D eigenvalue weighted by molar-refractivity contribution is 0.103. The highest BCUT2D eigenvalue weighted by Crippen LogP contribution is 2.21. The molecule has 0 amide bonds. The molecule has 15 heavy (non-hydrogen) atoms. The van der Waals surface area contributed by atoms with Crippen LogP contribution in [0, 0.1) is 5.82 Å². The van der Waals surface area contributed by atoms with Gasteiger partial charge in [0.05, 0.1) is 23.6 Å². The van der Waals surface area contributed by atoms with Crippen LogP contribution in [0.25, 0.3) is 0 Å². The van der Waals surface area contributed by atoms with Gasteiger partial charge in [0.15, 0.2) is 5.82 Å². The van der Waals surface area contributed by atoms with E-state index in [1.165, 1.54) is 24.6 Å². The fourth-order valence-corrected chi connectivity index (χ4v) is 1.36. The van der Waals surface area contributed by atoms with Crippen LogP contribution in [-0.2, 0) is 0 Å². The van der Waals surface area contributed by atoms with Gasteiger partial charge in [0.2, 0.25) is 11.0 Å². The third-order valence-corrected chi connectivity index (χ3v) is 2.17. The highest BCUT2D eigenvalue weighted by atomic mass is 35.5. The van der Waals surface area contributed by atoms with Crippen LogP contribution in [0.15, 0.2) is 35.2 Å². The summed E-state index contributed by atoms with van der Waals surface area (Å²) in [6.45, 7) is 0. The fourth-order valence-electron chi connectivity index (χ4n) is 1.16. The molecule has 0 atom stereocenters. The van der Waals surface area contributed by atoms with Crippen molar-refractivity contribution in [3.8, 4) is 0 Å². The molecule has 0 radical (unpaired) electrons. The van der Waals surface area contributed by atoms with E-state index in [1.54, 1.807) is 0 Å². The van der Waals surface area contributed by atoms with Crippen LogP contribution in [-0.4, -0.2) is 10.8 Å². The maximum Gasteiger partial charge on any atom is 0.204 e. The van der Waals surface area contributed by atoms with E-state index in [1.807, 2.05) is 0 Å². The number of carbonyl (C=O) groups is 1. The van der Waals surface area contributed by atoms with E-state index in [9.17, 15) is 9.18 Å². The zero-order valence-corrected chi connectivity index (χ0v) is 8.16. The lowest BCUT2D eigenvalue weighted by atomic mass is 10.1. The summed E-state index contributed by atoms with van der Waals surface area (Å²) < 4.78 is 18.0. The second-order valence-corrected chi connectivity index (χ2v) is 3.14. The number of aromatic nitrogens is 1. The zero-order valence-electron chi connectivity index (χ0n) is 7.41. The third-order valence-electron chi connectivity index (χ3n) is 1.88. The number of rotatable bonds is 2. The van der Waals surface area contributed by atoms with Gasteiger partial charge in [0.25, 0.3) is 0 Å². The number of nitrogens with zero attached hydrogens (tertiary/aromatic N) is 1. The number of furan rings is 1. The maximum atomic E-state index is 13.2. The summed E-state index contributed by atoms with van der Waals surface area (Å²) in [6, 6.07) is 2.69. The minimum Gasteiger partial charge on any atom is -0.452 e. The first-order valence-corrected chi connectivity index (χ1v) is 4.45. The van der Waals surface area contributed by atoms with Crippen molar-refractivity contribution in [2.75, 3.05) is 0 Å². The van der Waals surface area contributed by atoms with Gasteiger partial charge in [0.1, 0.15) is 0 Å². The van der Waals surface area contributed by atoms with Gasteiger partial charge in [0, 0.05) is 6.20 Å². The molecule has 0 bridgehead atoms. The Labute approximate surface area is 89.5 Å². The van der Waals surface area contributed by atoms with Crippen LogP contribution >= 0.6 is 11.6 Å². The summed E-state index contributed by atoms with van der Waals surface area (Å²) in [7, 11) is 0. The Morgan fingerprint density at radius 2 is 2.20 bits per heavy atom. The van der Waals surface area contributed by atoms with Crippen molar-refractivity contribution in [2.24, 2.45) is 0 Å². The summed E-state index contributed by atoms with van der Waals surface area (Å²) in [5, 5.41) is -0.0452. The quantitative estimate of drug-likeness (QED) is 0.738. The van der Waals surface area contributed by atoms with Crippen molar-refractivity contribution in [1.82, 2.24) is 4.98 Å². The van der Waals surface area contributed by atoms with Gasteiger partial charge in [-0.3, -0.25) is 9.78 Å². The molecule has 2 rings (SSSR count). The molecule has 2 heterocycles. The molecule has 0 saturated heterocycles. The van der Waals surface area contributed by atoms with Gasteiger partial charge in [-0.1, -0.05) is 0 Å². The van der Waals surface area contributed by atoms with E-state index < -0.39 is 11.6 Å². The molecule has 0 fully saturated rings. The third kappa shape index (κ3) is 1.76. The van der Waals surface area contributed by atoms with E-state index in [4.69, 9.17) is 16.0 Å². The number of halogens is 2. The van der Waals surface area contributed by atoms with Crippen LogP contribution in [0.1, 0.15) is 15.9 Å². The number of pyridine rings is 1. The number of hydrogen-bond donors (Lipinski definition) is 0. The first-order chi connectivity index (χ1) is 7.20. The molecular formula is C10H5ClFNO2. The molecule has 0 aromatic carbocycles. The lowest BCUT2D eigenvalue weighted by Gasteiger charge is -1.99. The van der Waals surface area contributed by atoms with Gasteiger partial charge in [-0.25, -0.2) is 4.39 Å². The Balaban J connectivity index is 2.46. The van der Waals surface area contributed by atoms with Gasteiger partial charge >= 0.3 is 0 Å². The van der Waals surface area contributed by atoms with E-state index >= 15 is 0 Å². The molecule has 2 aromatic rings. The van der Waals surface area contributed by atoms with Crippen LogP contribution in [0.5, 0.6) is 0 Å². The maximum absolute atomic E-state index is 13.2. The largest absolute Gasteiger partial charge is 0.452 e. The van der Waals surface area contributed by atoms with Crippen LogP contribution in [0.2, 0.25) is 5.22 Å². The highest BCUT2D eigenvalue weighted by molar-refractivity contribution is 6.33. The Hall–Kier alpha value is -1.68. The number of hydrogen-bond acceptors (Lipinski definition) is 3. The standard InChI is InChI=1S/C10H5ClFNO2/c11-10-7(2-4-15-10)9(14)6-1-3-13-5-8(6)12/h1-5H. The second-order valence-electron chi connectivity index (χ2n) is 2.79. The molecule has 2 aromatic heterocycles. The van der Waals surface area contributed by atoms with E-state index in [0.29, 0.717) is 0 Å². The Morgan fingerprint density at radius 1 is 1.40 bits per heavy atom. The molecule has 0 aliphatic rings. The lowest BCUT2D eigenvalue weighted by Crippen LogP contribution is -2.03. The first kappa shape index (κ1) is 9.86. The van der Waals surface area contributed by atoms with Crippen LogP contribution in [0.3, 0.4) is 0 Å². The number of ketones is 1. The second kappa shape index (κ2) is 3.82. The van der Waals surface area contributed by atoms with Crippen molar-refractivity contribution < 1.29 is 13.6 Å². The average molecular weight is 226 g/mol. The predicted octanol–water partition coefficient (Wildman–Crippen LogP) is 2.70. The summed E-state index contributed by atoms with van der Waals surface area (Å²) in [5.74, 6) is -1.20. The molecule has 5 heteroatoms. The normalized spacial score (nSPS) is 10.3. The summed E-state index contributed by atoms with van der Waals surface area (Å²) in [4.78, 5) is 15.3. The van der Waals surface area contributed by atoms with E-state index in [0.717, 1.165) is 6.20 Å². The predicted molar refractivity (Wildman–Crippen MR) is 51.3 cm³/mol. The molecule has 0 N–H and O–H groups in total. The van der Waals surface area contributed by atoms with Gasteiger partial charge < -0.3 is 4.42 Å². The monoisotopic (exact) mass is 225 g/mol. The van der Waals surface area contributed by atoms with Crippen molar-refractivity contribution in [1.29, 1.82) is 0 Å². The minimum atomic E-state index is -0.681. The Bertz CT molecular complexity index is 510. The van der Waals surface area contributed by atoms with Crippen molar-refractivity contribution in [3.05, 3.63) is 53.0 Å². The first-order valence-electron chi connectivity index (χ1n) is 4.07. The molecule has 0 saturated carbocycles. The average Bonchev–Trinajstić information content (AvgIpc) is 2.64. The summed E-state index contributed by atoms with van der Waals surface area (Å²) in [5.41, 5.74) is 0.0649. The molecule has 3 nitrogen and oxygen atoms in total. The topological polar surface area (TPSA) is 43.1 Å². The minimum absolute atomic E-state index is 0.0452.